The maximum Gasteiger partial charge on any atom is 0.255 e. The molecule has 3 aromatic carbocycles. The molecular weight excluding hydrogens is 533 g/mol. The minimum Gasteiger partial charge on any atom is -0.365 e. The summed E-state index contributed by atoms with van der Waals surface area (Å²) in [5.41, 5.74) is 10.4. The number of carbonyl (C=O) groups excluding carboxylic acids is 3. The fourth-order valence-corrected chi connectivity index (χ4v) is 4.77. The average Bonchev–Trinajstić information content (AvgIpc) is 3.00. The second-order valence-corrected chi connectivity index (χ2v) is 9.99. The van der Waals surface area contributed by atoms with Crippen molar-refractivity contribution in [3.63, 3.8) is 0 Å². The number of pyridine rings is 1. The Morgan fingerprint density at radius 1 is 0.952 bits per heavy atom. The summed E-state index contributed by atoms with van der Waals surface area (Å²) in [6, 6.07) is 20.6. The van der Waals surface area contributed by atoms with Gasteiger partial charge in [-0.1, -0.05) is 31.5 Å². The maximum atomic E-state index is 14.0. The first-order chi connectivity index (χ1) is 20.2. The highest BCUT2D eigenvalue weighted by Crippen LogP contribution is 2.27. The van der Waals surface area contributed by atoms with E-state index in [4.69, 9.17) is 5.73 Å². The molecule has 42 heavy (non-hydrogen) atoms. The van der Waals surface area contributed by atoms with Gasteiger partial charge in [-0.05, 0) is 84.6 Å². The molecule has 1 unspecified atom stereocenters. The number of benzene rings is 3. The Balaban J connectivity index is 1.53. The van der Waals surface area contributed by atoms with Gasteiger partial charge in [0.05, 0.1) is 17.9 Å². The summed E-state index contributed by atoms with van der Waals surface area (Å²) in [4.78, 5) is 43.8. The minimum absolute atomic E-state index is 0.0254. The monoisotopic (exact) mass is 567 g/mol. The molecule has 2 amide bonds. The number of ketones is 1. The number of aromatic nitrogens is 1. The van der Waals surface area contributed by atoms with Crippen LogP contribution < -0.4 is 21.3 Å². The van der Waals surface area contributed by atoms with E-state index in [0.717, 1.165) is 30.3 Å². The SMILES string of the molecule is CCCC(C(C)=O)N(C)c1ccc(NC(=O)c2cccc(-c3cc(C(=O)Nc4ccncc4F)ccc3CN)c2)cc1. The lowest BCUT2D eigenvalue weighted by Crippen LogP contribution is -2.37. The zero-order valence-electron chi connectivity index (χ0n) is 23.9. The van der Waals surface area contributed by atoms with E-state index in [1.54, 1.807) is 55.5 Å². The topological polar surface area (TPSA) is 117 Å². The van der Waals surface area contributed by atoms with E-state index in [-0.39, 0.29) is 30.0 Å². The van der Waals surface area contributed by atoms with Crippen LogP contribution in [0.1, 0.15) is 53.0 Å². The van der Waals surface area contributed by atoms with Crippen LogP contribution in [0.25, 0.3) is 11.1 Å². The van der Waals surface area contributed by atoms with E-state index in [2.05, 4.69) is 15.6 Å². The Kier molecular flexibility index (Phi) is 9.77. The maximum absolute atomic E-state index is 14.0. The van der Waals surface area contributed by atoms with Crippen molar-refractivity contribution in [2.75, 3.05) is 22.6 Å². The lowest BCUT2D eigenvalue weighted by Gasteiger charge is -2.28. The number of nitrogens with two attached hydrogens (primary N) is 1. The molecule has 0 saturated heterocycles. The Morgan fingerprint density at radius 3 is 2.33 bits per heavy atom. The average molecular weight is 568 g/mol. The number of hydrogen-bond donors (Lipinski definition) is 3. The summed E-state index contributed by atoms with van der Waals surface area (Å²) in [6.45, 7) is 3.87. The van der Waals surface area contributed by atoms with Crippen LogP contribution >= 0.6 is 0 Å². The second kappa shape index (κ2) is 13.6. The molecule has 0 saturated carbocycles. The van der Waals surface area contributed by atoms with Crippen LogP contribution in [0.4, 0.5) is 21.5 Å². The number of nitrogens with zero attached hydrogens (tertiary/aromatic N) is 2. The standard InChI is InChI=1S/C33H34FN5O3/c1-4-6-31(21(2)40)39(3)27-13-11-26(12-14-27)37-32(41)23-8-5-7-22(17-23)28-18-24(9-10-25(28)19-35)33(42)38-30-15-16-36-20-29(30)34/h5,7-18,20,31H,4,6,19,35H2,1-3H3,(H,37,41)(H,36,38,42). The van der Waals surface area contributed by atoms with Crippen molar-refractivity contribution in [2.24, 2.45) is 5.73 Å². The number of carbonyl (C=O) groups is 3. The molecule has 4 N–H and O–H groups in total. The van der Waals surface area contributed by atoms with Crippen molar-refractivity contribution in [1.82, 2.24) is 4.98 Å². The lowest BCUT2D eigenvalue weighted by atomic mass is 9.95. The largest absolute Gasteiger partial charge is 0.365 e. The predicted molar refractivity (Wildman–Crippen MR) is 164 cm³/mol. The molecule has 0 aliphatic rings. The molecule has 9 heteroatoms. The summed E-state index contributed by atoms with van der Waals surface area (Å²) in [6.07, 6.45) is 4.09. The molecule has 0 radical (unpaired) electrons. The molecule has 4 aromatic rings. The van der Waals surface area contributed by atoms with Crippen LogP contribution in [0.3, 0.4) is 0 Å². The van der Waals surface area contributed by atoms with Gasteiger partial charge < -0.3 is 21.3 Å². The van der Waals surface area contributed by atoms with Gasteiger partial charge >= 0.3 is 0 Å². The zero-order chi connectivity index (χ0) is 30.2. The quantitative estimate of drug-likeness (QED) is 0.203. The van der Waals surface area contributed by atoms with Gasteiger partial charge in [-0.2, -0.15) is 0 Å². The van der Waals surface area contributed by atoms with Crippen LogP contribution in [0.2, 0.25) is 0 Å². The lowest BCUT2D eigenvalue weighted by molar-refractivity contribution is -0.118. The number of anilines is 3. The van der Waals surface area contributed by atoms with Crippen molar-refractivity contribution in [2.45, 2.75) is 39.3 Å². The van der Waals surface area contributed by atoms with Gasteiger partial charge in [0.15, 0.2) is 11.6 Å². The molecule has 0 spiro atoms. The second-order valence-electron chi connectivity index (χ2n) is 9.99. The molecule has 0 aliphatic carbocycles. The molecule has 4 rings (SSSR count). The van der Waals surface area contributed by atoms with Crippen LogP contribution in [-0.4, -0.2) is 35.7 Å². The van der Waals surface area contributed by atoms with E-state index >= 15 is 0 Å². The van der Waals surface area contributed by atoms with Crippen molar-refractivity contribution in [3.05, 3.63) is 108 Å². The zero-order valence-corrected chi connectivity index (χ0v) is 23.9. The molecule has 1 heterocycles. The molecule has 216 valence electrons. The first-order valence-electron chi connectivity index (χ1n) is 13.7. The number of hydrogen-bond acceptors (Lipinski definition) is 6. The molecular formula is C33H34FN5O3. The van der Waals surface area contributed by atoms with Crippen molar-refractivity contribution < 1.29 is 18.8 Å². The number of Topliss-reactive ketones (excluding diaryl/α,β-unsaturated/α-hetero) is 1. The van der Waals surface area contributed by atoms with Crippen LogP contribution in [-0.2, 0) is 11.3 Å². The molecule has 1 aromatic heterocycles. The number of amides is 2. The Labute approximate surface area is 244 Å². The normalized spacial score (nSPS) is 11.5. The highest BCUT2D eigenvalue weighted by atomic mass is 19.1. The predicted octanol–water partition coefficient (Wildman–Crippen LogP) is 6.04. The van der Waals surface area contributed by atoms with Gasteiger partial charge in [-0.15, -0.1) is 0 Å². The van der Waals surface area contributed by atoms with Crippen molar-refractivity contribution in [1.29, 1.82) is 0 Å². The first kappa shape index (κ1) is 30.1. The molecule has 0 bridgehead atoms. The fourth-order valence-electron chi connectivity index (χ4n) is 4.77. The van der Waals surface area contributed by atoms with Crippen LogP contribution in [0.5, 0.6) is 0 Å². The molecule has 0 fully saturated rings. The highest BCUT2D eigenvalue weighted by molar-refractivity contribution is 6.06. The summed E-state index contributed by atoms with van der Waals surface area (Å²) < 4.78 is 14.0. The van der Waals surface area contributed by atoms with Gasteiger partial charge in [0.1, 0.15) is 0 Å². The number of rotatable bonds is 11. The van der Waals surface area contributed by atoms with Crippen LogP contribution in [0, 0.1) is 5.82 Å². The third kappa shape index (κ3) is 7.05. The molecule has 1 atom stereocenters. The van der Waals surface area contributed by atoms with E-state index in [1.807, 2.05) is 37.1 Å². The van der Waals surface area contributed by atoms with E-state index in [0.29, 0.717) is 27.9 Å². The Bertz CT molecular complexity index is 1590. The smallest absolute Gasteiger partial charge is 0.255 e. The Morgan fingerprint density at radius 2 is 1.67 bits per heavy atom. The van der Waals surface area contributed by atoms with E-state index in [9.17, 15) is 18.8 Å². The number of likely N-dealkylation sites (N-methyl/N-ethyl adjacent to an activating group) is 1. The van der Waals surface area contributed by atoms with Gasteiger partial charge in [-0.3, -0.25) is 19.4 Å². The molecule has 8 nitrogen and oxygen atoms in total. The Hall–Kier alpha value is -4.89. The summed E-state index contributed by atoms with van der Waals surface area (Å²) >= 11 is 0. The third-order valence-electron chi connectivity index (χ3n) is 7.08. The van der Waals surface area contributed by atoms with Crippen LogP contribution in [0.15, 0.2) is 85.2 Å². The van der Waals surface area contributed by atoms with E-state index in [1.165, 1.54) is 12.3 Å². The summed E-state index contributed by atoms with van der Waals surface area (Å²) in [7, 11) is 1.90. The minimum atomic E-state index is -0.637. The first-order valence-corrected chi connectivity index (χ1v) is 13.7. The molecule has 0 aliphatic heterocycles. The summed E-state index contributed by atoms with van der Waals surface area (Å²) in [5.74, 6) is -1.32. The fraction of sp³-hybridized carbons (Fsp3) is 0.212. The van der Waals surface area contributed by atoms with Gasteiger partial charge in [0.25, 0.3) is 11.8 Å². The highest BCUT2D eigenvalue weighted by Gasteiger charge is 2.19. The van der Waals surface area contributed by atoms with Crippen molar-refractivity contribution >= 4 is 34.7 Å². The van der Waals surface area contributed by atoms with E-state index < -0.39 is 11.7 Å². The number of nitrogens with one attached hydrogen (secondary N) is 2. The van der Waals surface area contributed by atoms with Crippen molar-refractivity contribution in [3.8, 4) is 11.1 Å². The van der Waals surface area contributed by atoms with Gasteiger partial charge in [0, 0.05) is 42.3 Å². The summed E-state index contributed by atoms with van der Waals surface area (Å²) in [5, 5.41) is 5.48. The third-order valence-corrected chi connectivity index (χ3v) is 7.08. The van der Waals surface area contributed by atoms with Gasteiger partial charge in [0.2, 0.25) is 0 Å². The van der Waals surface area contributed by atoms with Gasteiger partial charge in [-0.25, -0.2) is 4.39 Å². The number of halogens is 1.